The predicted molar refractivity (Wildman–Crippen MR) is 40.8 cm³/mol. The van der Waals surface area contributed by atoms with E-state index in [0.717, 1.165) is 0 Å². The van der Waals surface area contributed by atoms with Crippen LogP contribution in [-0.2, 0) is 0 Å². The summed E-state index contributed by atoms with van der Waals surface area (Å²) in [6.45, 7) is 3.24. The molecule has 0 fully saturated rings. The predicted octanol–water partition coefficient (Wildman–Crippen LogP) is 1.58. The van der Waals surface area contributed by atoms with Gasteiger partial charge in [-0.25, -0.2) is 0 Å². The molecule has 0 atom stereocenters. The Kier molecular flexibility index (Phi) is 2.03. The number of ketones is 1. The highest BCUT2D eigenvalue weighted by Gasteiger charge is 1.96. The molecule has 1 aromatic carbocycles. The van der Waals surface area contributed by atoms with E-state index in [1.807, 2.05) is 6.07 Å². The molecule has 0 spiro atoms. The molecule has 0 aliphatic carbocycles. The minimum Gasteiger partial charge on any atom is -0.294 e. The fraction of sp³-hybridized carbons (Fsp3) is 0. The summed E-state index contributed by atoms with van der Waals surface area (Å²) >= 11 is 0. The summed E-state index contributed by atoms with van der Waals surface area (Å²) in [4.78, 5) is 10.7. The van der Waals surface area contributed by atoms with Gasteiger partial charge in [0.2, 0.25) is 0 Å². The first-order chi connectivity index (χ1) is 5.24. The van der Waals surface area contributed by atoms with Crippen molar-refractivity contribution in [1.82, 2.24) is 0 Å². The maximum absolute atomic E-state index is 10.7. The molecule has 53 valence electrons. The lowest BCUT2D eigenvalue weighted by Crippen LogP contribution is -1.90. The van der Waals surface area contributed by atoms with Crippen LogP contribution in [0.3, 0.4) is 0 Å². The standard InChI is InChI=1S/C9H6NO/c1-7(11)9-4-2-8(6-10)3-5-9/h2-5H,1H2. The van der Waals surface area contributed by atoms with Crippen LogP contribution in [0.15, 0.2) is 24.3 Å². The lowest BCUT2D eigenvalue weighted by atomic mass is 10.1. The zero-order valence-corrected chi connectivity index (χ0v) is 5.87. The average Bonchev–Trinajstić information content (AvgIpc) is 2.05. The summed E-state index contributed by atoms with van der Waals surface area (Å²) in [7, 11) is 0. The van der Waals surface area contributed by atoms with E-state index in [1.165, 1.54) is 0 Å². The molecule has 0 aliphatic heterocycles. The monoisotopic (exact) mass is 144 g/mol. The number of carbonyl (C=O) groups is 1. The van der Waals surface area contributed by atoms with E-state index in [4.69, 9.17) is 5.26 Å². The highest BCUT2D eigenvalue weighted by atomic mass is 16.1. The van der Waals surface area contributed by atoms with Crippen LogP contribution in [-0.4, -0.2) is 5.78 Å². The second-order valence-electron chi connectivity index (χ2n) is 2.11. The molecule has 2 nitrogen and oxygen atoms in total. The summed E-state index contributed by atoms with van der Waals surface area (Å²) < 4.78 is 0. The molecule has 1 radical (unpaired) electrons. The smallest absolute Gasteiger partial charge is 0.163 e. The largest absolute Gasteiger partial charge is 0.294 e. The van der Waals surface area contributed by atoms with Crippen LogP contribution in [0.4, 0.5) is 0 Å². The Bertz CT molecular complexity index is 305. The summed E-state index contributed by atoms with van der Waals surface area (Å²) in [5.41, 5.74) is 1.08. The summed E-state index contributed by atoms with van der Waals surface area (Å²) in [5.74, 6) is -0.227. The number of nitriles is 1. The second kappa shape index (κ2) is 2.98. The van der Waals surface area contributed by atoms with Gasteiger partial charge >= 0.3 is 0 Å². The molecule has 0 heterocycles. The molecule has 1 aromatic rings. The summed E-state index contributed by atoms with van der Waals surface area (Å²) in [6, 6.07) is 8.33. The number of Topliss-reactive ketones (excluding diaryl/α,β-unsaturated/α-hetero) is 1. The first kappa shape index (κ1) is 7.49. The van der Waals surface area contributed by atoms with Crippen molar-refractivity contribution in [3.63, 3.8) is 0 Å². The van der Waals surface area contributed by atoms with E-state index < -0.39 is 0 Å². The molecule has 0 N–H and O–H groups in total. The topological polar surface area (TPSA) is 40.9 Å². The van der Waals surface area contributed by atoms with Gasteiger partial charge < -0.3 is 0 Å². The molecule has 2 heteroatoms. The molecule has 0 unspecified atom stereocenters. The Hall–Kier alpha value is -1.62. The van der Waals surface area contributed by atoms with Gasteiger partial charge in [0.15, 0.2) is 5.78 Å². The van der Waals surface area contributed by atoms with Gasteiger partial charge in [0.05, 0.1) is 11.6 Å². The Morgan fingerprint density at radius 2 is 1.91 bits per heavy atom. The zero-order chi connectivity index (χ0) is 8.27. The van der Waals surface area contributed by atoms with Gasteiger partial charge in [-0.05, 0) is 12.1 Å². The van der Waals surface area contributed by atoms with Gasteiger partial charge in [-0.3, -0.25) is 4.79 Å². The molecular formula is C9H6NO. The number of benzene rings is 1. The Balaban J connectivity index is 3.03. The molecular weight excluding hydrogens is 138 g/mol. The number of hydrogen-bond acceptors (Lipinski definition) is 2. The number of rotatable bonds is 1. The van der Waals surface area contributed by atoms with Crippen LogP contribution >= 0.6 is 0 Å². The van der Waals surface area contributed by atoms with Crippen LogP contribution in [0.5, 0.6) is 0 Å². The van der Waals surface area contributed by atoms with E-state index in [1.54, 1.807) is 24.3 Å². The average molecular weight is 144 g/mol. The van der Waals surface area contributed by atoms with Gasteiger partial charge in [-0.15, -0.1) is 0 Å². The maximum atomic E-state index is 10.7. The molecule has 0 aromatic heterocycles. The lowest BCUT2D eigenvalue weighted by molar-refractivity contribution is 0.104. The highest BCUT2D eigenvalue weighted by molar-refractivity contribution is 5.99. The first-order valence-electron chi connectivity index (χ1n) is 3.10. The van der Waals surface area contributed by atoms with Crippen molar-refractivity contribution in [1.29, 1.82) is 5.26 Å². The van der Waals surface area contributed by atoms with Gasteiger partial charge in [0, 0.05) is 12.5 Å². The minimum absolute atomic E-state index is 0.227. The SMILES string of the molecule is [CH2]C(=O)c1ccc(C#N)cc1. The van der Waals surface area contributed by atoms with E-state index in [2.05, 4.69) is 6.92 Å². The lowest BCUT2D eigenvalue weighted by Gasteiger charge is -1.92. The zero-order valence-electron chi connectivity index (χ0n) is 5.87. The third-order valence-corrected chi connectivity index (χ3v) is 1.34. The van der Waals surface area contributed by atoms with Crippen LogP contribution in [0.25, 0.3) is 0 Å². The molecule has 0 saturated heterocycles. The molecule has 11 heavy (non-hydrogen) atoms. The Morgan fingerprint density at radius 3 is 2.27 bits per heavy atom. The summed E-state index contributed by atoms with van der Waals surface area (Å²) in [6.07, 6.45) is 0. The van der Waals surface area contributed by atoms with Crippen molar-refractivity contribution in [2.75, 3.05) is 0 Å². The van der Waals surface area contributed by atoms with Crippen LogP contribution in [0.1, 0.15) is 15.9 Å². The highest BCUT2D eigenvalue weighted by Crippen LogP contribution is 2.02. The minimum atomic E-state index is -0.227. The van der Waals surface area contributed by atoms with Crippen LogP contribution < -0.4 is 0 Å². The van der Waals surface area contributed by atoms with Crippen molar-refractivity contribution < 1.29 is 4.79 Å². The fourth-order valence-corrected chi connectivity index (χ4v) is 0.731. The van der Waals surface area contributed by atoms with E-state index >= 15 is 0 Å². The molecule has 1 rings (SSSR count). The van der Waals surface area contributed by atoms with Crippen molar-refractivity contribution >= 4 is 5.78 Å². The van der Waals surface area contributed by atoms with Crippen molar-refractivity contribution in [2.45, 2.75) is 0 Å². The van der Waals surface area contributed by atoms with Gasteiger partial charge in [-0.1, -0.05) is 12.1 Å². The van der Waals surface area contributed by atoms with Crippen molar-refractivity contribution in [2.24, 2.45) is 0 Å². The van der Waals surface area contributed by atoms with E-state index in [9.17, 15) is 4.79 Å². The van der Waals surface area contributed by atoms with Gasteiger partial charge in [0.25, 0.3) is 0 Å². The van der Waals surface area contributed by atoms with E-state index in [0.29, 0.717) is 11.1 Å². The number of nitrogens with zero attached hydrogens (tertiary/aromatic N) is 1. The van der Waals surface area contributed by atoms with Crippen LogP contribution in [0, 0.1) is 18.3 Å². The third-order valence-electron chi connectivity index (χ3n) is 1.34. The van der Waals surface area contributed by atoms with Crippen molar-refractivity contribution in [3.8, 4) is 6.07 Å². The Morgan fingerprint density at radius 1 is 1.36 bits per heavy atom. The van der Waals surface area contributed by atoms with Gasteiger partial charge in [-0.2, -0.15) is 5.26 Å². The second-order valence-corrected chi connectivity index (χ2v) is 2.11. The Labute approximate surface area is 65.1 Å². The number of hydrogen-bond donors (Lipinski definition) is 0. The molecule has 0 saturated carbocycles. The molecule has 0 amide bonds. The van der Waals surface area contributed by atoms with Crippen molar-refractivity contribution in [3.05, 3.63) is 42.3 Å². The quantitative estimate of drug-likeness (QED) is 0.561. The molecule has 0 bridgehead atoms. The maximum Gasteiger partial charge on any atom is 0.163 e. The normalized spacial score (nSPS) is 8.73. The summed E-state index contributed by atoms with van der Waals surface area (Å²) in [5, 5.41) is 8.42. The first-order valence-corrected chi connectivity index (χ1v) is 3.10. The molecule has 0 aliphatic rings. The van der Waals surface area contributed by atoms with E-state index in [-0.39, 0.29) is 5.78 Å². The number of carbonyl (C=O) groups excluding carboxylic acids is 1. The van der Waals surface area contributed by atoms with Gasteiger partial charge in [0.1, 0.15) is 0 Å². The fourth-order valence-electron chi connectivity index (χ4n) is 0.731. The third kappa shape index (κ3) is 1.65. The van der Waals surface area contributed by atoms with Crippen LogP contribution in [0.2, 0.25) is 0 Å².